The number of carbonyl (C=O) groups is 1. The predicted molar refractivity (Wildman–Crippen MR) is 87.9 cm³/mol. The first-order valence-corrected chi connectivity index (χ1v) is 7.79. The monoisotopic (exact) mass is 324 g/mol. The van der Waals surface area contributed by atoms with Crippen LogP contribution >= 0.6 is 0 Å². The molecule has 0 saturated carbocycles. The molecule has 0 spiro atoms. The summed E-state index contributed by atoms with van der Waals surface area (Å²) in [4.78, 5) is 13.0. The maximum Gasteiger partial charge on any atom is 0.235 e. The van der Waals surface area contributed by atoms with Gasteiger partial charge in [-0.25, -0.2) is 4.39 Å². The highest BCUT2D eigenvalue weighted by Gasteiger charge is 2.41. The maximum absolute atomic E-state index is 13.2. The van der Waals surface area contributed by atoms with E-state index in [1.54, 1.807) is 36.4 Å². The summed E-state index contributed by atoms with van der Waals surface area (Å²) in [5, 5.41) is 11.8. The van der Waals surface area contributed by atoms with E-state index in [0.717, 1.165) is 5.56 Å². The second kappa shape index (κ2) is 6.81. The third-order valence-corrected chi connectivity index (χ3v) is 4.45. The van der Waals surface area contributed by atoms with Gasteiger partial charge in [0.15, 0.2) is 0 Å². The van der Waals surface area contributed by atoms with Gasteiger partial charge in [-0.05, 0) is 54.8 Å². The Balaban J connectivity index is 1.88. The molecule has 24 heavy (non-hydrogen) atoms. The van der Waals surface area contributed by atoms with Gasteiger partial charge in [0.05, 0.1) is 17.0 Å². The first kappa shape index (κ1) is 16.2. The van der Waals surface area contributed by atoms with Gasteiger partial charge in [0.2, 0.25) is 5.91 Å². The lowest BCUT2D eigenvalue weighted by atomic mass is 9.73. The molecule has 1 amide bonds. The third kappa shape index (κ3) is 3.15. The van der Waals surface area contributed by atoms with Crippen LogP contribution in [0, 0.1) is 17.1 Å². The summed E-state index contributed by atoms with van der Waals surface area (Å²) >= 11 is 0. The number of ether oxygens (including phenoxy) is 1. The van der Waals surface area contributed by atoms with Crippen LogP contribution in [0.15, 0.2) is 48.5 Å². The Morgan fingerprint density at radius 2 is 1.71 bits per heavy atom. The predicted octanol–water partition coefficient (Wildman–Crippen LogP) is 3.38. The first-order chi connectivity index (χ1) is 11.6. The van der Waals surface area contributed by atoms with E-state index in [-0.39, 0.29) is 11.7 Å². The molecule has 1 saturated heterocycles. The zero-order valence-electron chi connectivity index (χ0n) is 13.1. The molecule has 2 aromatic rings. The molecule has 2 aromatic carbocycles. The summed E-state index contributed by atoms with van der Waals surface area (Å²) in [6.07, 6.45) is 1.08. The molecule has 1 N–H and O–H groups in total. The van der Waals surface area contributed by atoms with Crippen LogP contribution in [0.4, 0.5) is 10.1 Å². The van der Waals surface area contributed by atoms with Crippen molar-refractivity contribution in [3.05, 3.63) is 65.5 Å². The number of hydrogen-bond donors (Lipinski definition) is 1. The van der Waals surface area contributed by atoms with E-state index in [4.69, 9.17) is 10.00 Å². The summed E-state index contributed by atoms with van der Waals surface area (Å²) in [5.41, 5.74) is 1.22. The van der Waals surface area contributed by atoms with Crippen molar-refractivity contribution in [3.63, 3.8) is 0 Å². The van der Waals surface area contributed by atoms with E-state index >= 15 is 0 Å². The fraction of sp³-hybridized carbons (Fsp3) is 0.263. The second-order valence-corrected chi connectivity index (χ2v) is 5.84. The Morgan fingerprint density at radius 3 is 2.29 bits per heavy atom. The third-order valence-electron chi connectivity index (χ3n) is 4.45. The number of rotatable bonds is 3. The van der Waals surface area contributed by atoms with Gasteiger partial charge < -0.3 is 10.1 Å². The van der Waals surface area contributed by atoms with Gasteiger partial charge in [-0.2, -0.15) is 5.26 Å². The summed E-state index contributed by atoms with van der Waals surface area (Å²) in [7, 11) is 0. The minimum atomic E-state index is -0.736. The Labute approximate surface area is 139 Å². The Hall–Kier alpha value is -2.71. The topological polar surface area (TPSA) is 62.1 Å². The number of carbonyl (C=O) groups excluding carboxylic acids is 1. The number of amides is 1. The van der Waals surface area contributed by atoms with Crippen LogP contribution in [0.2, 0.25) is 0 Å². The second-order valence-electron chi connectivity index (χ2n) is 5.84. The molecule has 0 aromatic heterocycles. The van der Waals surface area contributed by atoms with Crippen LogP contribution in [0.3, 0.4) is 0 Å². The number of hydrogen-bond acceptors (Lipinski definition) is 3. The molecule has 0 unspecified atom stereocenters. The van der Waals surface area contributed by atoms with Crippen LogP contribution in [0.1, 0.15) is 24.0 Å². The van der Waals surface area contributed by atoms with Crippen molar-refractivity contribution in [1.82, 2.24) is 0 Å². The number of anilines is 1. The largest absolute Gasteiger partial charge is 0.381 e. The van der Waals surface area contributed by atoms with E-state index in [0.29, 0.717) is 37.3 Å². The Morgan fingerprint density at radius 1 is 1.08 bits per heavy atom. The molecule has 1 fully saturated rings. The van der Waals surface area contributed by atoms with Gasteiger partial charge in [0.25, 0.3) is 0 Å². The number of benzene rings is 2. The van der Waals surface area contributed by atoms with E-state index in [9.17, 15) is 9.18 Å². The Kier molecular flexibility index (Phi) is 4.59. The van der Waals surface area contributed by atoms with Crippen molar-refractivity contribution < 1.29 is 13.9 Å². The molecule has 0 bridgehead atoms. The highest BCUT2D eigenvalue weighted by molar-refractivity contribution is 5.99. The van der Waals surface area contributed by atoms with Crippen LogP contribution < -0.4 is 5.32 Å². The van der Waals surface area contributed by atoms with E-state index in [1.807, 2.05) is 6.07 Å². The molecular weight excluding hydrogens is 307 g/mol. The Bertz CT molecular complexity index is 757. The first-order valence-electron chi connectivity index (χ1n) is 7.79. The van der Waals surface area contributed by atoms with Gasteiger partial charge in [-0.15, -0.1) is 0 Å². The van der Waals surface area contributed by atoms with Gasteiger partial charge in [0, 0.05) is 18.9 Å². The molecule has 122 valence electrons. The summed E-state index contributed by atoms with van der Waals surface area (Å²) in [6.45, 7) is 0.969. The van der Waals surface area contributed by atoms with E-state index < -0.39 is 5.41 Å². The highest BCUT2D eigenvalue weighted by Crippen LogP contribution is 2.36. The lowest BCUT2D eigenvalue weighted by molar-refractivity contribution is -0.125. The minimum Gasteiger partial charge on any atom is -0.381 e. The molecule has 4 nitrogen and oxygen atoms in total. The van der Waals surface area contributed by atoms with Crippen molar-refractivity contribution in [2.45, 2.75) is 18.3 Å². The van der Waals surface area contributed by atoms with Gasteiger partial charge in [-0.3, -0.25) is 4.79 Å². The lowest BCUT2D eigenvalue weighted by Crippen LogP contribution is -2.44. The molecule has 0 atom stereocenters. The van der Waals surface area contributed by atoms with Crippen LogP contribution in [-0.4, -0.2) is 19.1 Å². The lowest BCUT2D eigenvalue weighted by Gasteiger charge is -2.36. The SMILES string of the molecule is N#Cc1ccc(NC(=O)C2(c3ccc(F)cc3)CCOCC2)cc1. The van der Waals surface area contributed by atoms with Crippen LogP contribution in [0.25, 0.3) is 0 Å². The molecule has 5 heteroatoms. The van der Waals surface area contributed by atoms with Crippen molar-refractivity contribution >= 4 is 11.6 Å². The number of nitrogens with one attached hydrogen (secondary N) is 1. The molecular formula is C19H17FN2O2. The van der Waals surface area contributed by atoms with E-state index in [2.05, 4.69) is 5.32 Å². The van der Waals surface area contributed by atoms with Gasteiger partial charge in [0.1, 0.15) is 5.82 Å². The minimum absolute atomic E-state index is 0.137. The molecule has 1 aliphatic rings. The zero-order chi connectivity index (χ0) is 17.0. The van der Waals surface area contributed by atoms with Crippen LogP contribution in [-0.2, 0) is 14.9 Å². The van der Waals surface area contributed by atoms with Gasteiger partial charge in [-0.1, -0.05) is 12.1 Å². The van der Waals surface area contributed by atoms with Crippen molar-refractivity contribution in [2.75, 3.05) is 18.5 Å². The normalized spacial score (nSPS) is 16.2. The molecule has 1 aliphatic heterocycles. The molecule has 1 heterocycles. The van der Waals surface area contributed by atoms with E-state index in [1.165, 1.54) is 12.1 Å². The summed E-state index contributed by atoms with van der Waals surface area (Å²) in [6, 6.07) is 14.8. The average Bonchev–Trinajstić information content (AvgIpc) is 2.63. The highest BCUT2D eigenvalue weighted by atomic mass is 19.1. The van der Waals surface area contributed by atoms with Crippen molar-refractivity contribution in [2.24, 2.45) is 0 Å². The van der Waals surface area contributed by atoms with Crippen molar-refractivity contribution in [3.8, 4) is 6.07 Å². The summed E-state index contributed by atoms with van der Waals surface area (Å²) in [5.74, 6) is -0.462. The molecule has 0 aliphatic carbocycles. The molecule has 0 radical (unpaired) electrons. The maximum atomic E-state index is 13.2. The van der Waals surface area contributed by atoms with Gasteiger partial charge >= 0.3 is 0 Å². The standard InChI is InChI=1S/C19H17FN2O2/c20-16-5-3-15(4-6-16)19(9-11-24-12-10-19)18(23)22-17-7-1-14(13-21)2-8-17/h1-8H,9-12H2,(H,22,23). The fourth-order valence-corrected chi connectivity index (χ4v) is 3.01. The number of nitrogens with zero attached hydrogens (tertiary/aromatic N) is 1. The van der Waals surface area contributed by atoms with Crippen molar-refractivity contribution in [1.29, 1.82) is 5.26 Å². The van der Waals surface area contributed by atoms with Crippen LogP contribution in [0.5, 0.6) is 0 Å². The molecule has 3 rings (SSSR count). The number of halogens is 1. The fourth-order valence-electron chi connectivity index (χ4n) is 3.01. The average molecular weight is 324 g/mol. The quantitative estimate of drug-likeness (QED) is 0.941. The zero-order valence-corrected chi connectivity index (χ0v) is 13.1. The number of nitriles is 1. The smallest absolute Gasteiger partial charge is 0.235 e. The summed E-state index contributed by atoms with van der Waals surface area (Å²) < 4.78 is 18.7.